The number of nitrogens with two attached hydrogens (primary N) is 1. The van der Waals surface area contributed by atoms with Crippen LogP contribution in [-0.2, 0) is 25.4 Å². The molecule has 1 amide bonds. The summed E-state index contributed by atoms with van der Waals surface area (Å²) in [6.07, 6.45) is -6.75. The molecule has 2 aromatic heterocycles. The maximum Gasteiger partial charge on any atom is 0.416 e. The number of carboxylic acid groups (broad SMARTS) is 1. The largest absolute Gasteiger partial charge is 0.465 e. The third kappa shape index (κ3) is 8.33. The molecule has 0 saturated heterocycles. The molecule has 4 aromatic rings. The second-order valence-electron chi connectivity index (χ2n) is 9.88. The van der Waals surface area contributed by atoms with Gasteiger partial charge in [-0.1, -0.05) is 24.3 Å². The van der Waals surface area contributed by atoms with Crippen molar-refractivity contribution in [1.29, 1.82) is 0 Å². The van der Waals surface area contributed by atoms with Crippen LogP contribution < -0.4 is 5.73 Å². The van der Waals surface area contributed by atoms with Crippen LogP contribution in [0.25, 0.3) is 22.5 Å². The van der Waals surface area contributed by atoms with Crippen molar-refractivity contribution in [2.24, 2.45) is 5.73 Å². The van der Waals surface area contributed by atoms with Crippen LogP contribution in [0.15, 0.2) is 60.9 Å². The zero-order chi connectivity index (χ0) is 30.6. The minimum Gasteiger partial charge on any atom is -0.465 e. The number of imidazole rings is 2. The van der Waals surface area contributed by atoms with Crippen LogP contribution in [0.5, 0.6) is 0 Å². The van der Waals surface area contributed by atoms with E-state index in [1.54, 1.807) is 27.0 Å². The lowest BCUT2D eigenvalue weighted by Crippen LogP contribution is -2.44. The SMILES string of the molecule is CC(C)(C)N(Cc1ncc(-c2ccc(C(F)(F)F)cc2)[nH]1)C(=O)O.NCc1ncc(-c2ccc(C(F)(F)F)cc2)[nH]1. The van der Waals surface area contributed by atoms with E-state index in [2.05, 4.69) is 19.9 Å². The molecule has 0 saturated carbocycles. The first-order valence-corrected chi connectivity index (χ1v) is 12.1. The molecular weight excluding hydrogens is 554 g/mol. The van der Waals surface area contributed by atoms with Crippen LogP contribution in [0.1, 0.15) is 43.5 Å². The van der Waals surface area contributed by atoms with Gasteiger partial charge in [0.15, 0.2) is 0 Å². The fourth-order valence-electron chi connectivity index (χ4n) is 3.62. The Hall–Kier alpha value is -4.33. The van der Waals surface area contributed by atoms with Crippen LogP contribution in [0.2, 0.25) is 0 Å². The Morgan fingerprint density at radius 2 is 1.17 bits per heavy atom. The van der Waals surface area contributed by atoms with Gasteiger partial charge in [0.2, 0.25) is 0 Å². The van der Waals surface area contributed by atoms with E-state index in [0.717, 1.165) is 24.3 Å². The molecule has 8 nitrogen and oxygen atoms in total. The Kier molecular flexibility index (Phi) is 9.16. The predicted molar refractivity (Wildman–Crippen MR) is 139 cm³/mol. The molecule has 41 heavy (non-hydrogen) atoms. The Morgan fingerprint density at radius 3 is 1.49 bits per heavy atom. The van der Waals surface area contributed by atoms with Crippen molar-refractivity contribution in [2.45, 2.75) is 51.8 Å². The fourth-order valence-corrected chi connectivity index (χ4v) is 3.62. The van der Waals surface area contributed by atoms with Gasteiger partial charge in [0.05, 0.1) is 48.0 Å². The Balaban J connectivity index is 0.000000239. The number of hydrogen-bond acceptors (Lipinski definition) is 4. The summed E-state index contributed by atoms with van der Waals surface area (Å²) >= 11 is 0. The number of aromatic amines is 2. The van der Waals surface area contributed by atoms with E-state index in [-0.39, 0.29) is 13.1 Å². The number of carbonyl (C=O) groups is 1. The second-order valence-corrected chi connectivity index (χ2v) is 9.88. The highest BCUT2D eigenvalue weighted by Gasteiger charge is 2.31. The molecule has 5 N–H and O–H groups in total. The molecule has 0 unspecified atom stereocenters. The molecule has 2 aromatic carbocycles. The molecule has 0 aliphatic rings. The van der Waals surface area contributed by atoms with Crippen molar-refractivity contribution in [3.05, 3.63) is 83.7 Å². The van der Waals surface area contributed by atoms with Crippen molar-refractivity contribution >= 4 is 6.09 Å². The van der Waals surface area contributed by atoms with E-state index < -0.39 is 35.1 Å². The highest BCUT2D eigenvalue weighted by Crippen LogP contribution is 2.32. The predicted octanol–water partition coefficient (Wildman–Crippen LogP) is 6.93. The highest BCUT2D eigenvalue weighted by molar-refractivity contribution is 5.66. The molecule has 0 aliphatic heterocycles. The number of rotatable bonds is 5. The molecule has 4 rings (SSSR count). The van der Waals surface area contributed by atoms with E-state index >= 15 is 0 Å². The minimum absolute atomic E-state index is 0.0550. The Morgan fingerprint density at radius 1 is 0.780 bits per heavy atom. The Bertz CT molecular complexity index is 1440. The van der Waals surface area contributed by atoms with Crippen molar-refractivity contribution in [1.82, 2.24) is 24.8 Å². The summed E-state index contributed by atoms with van der Waals surface area (Å²) in [5.41, 5.74) is 5.75. The van der Waals surface area contributed by atoms with E-state index in [0.29, 0.717) is 34.2 Å². The van der Waals surface area contributed by atoms with Gasteiger partial charge in [0.1, 0.15) is 11.6 Å². The van der Waals surface area contributed by atoms with Crippen molar-refractivity contribution in [2.75, 3.05) is 0 Å². The number of nitrogens with one attached hydrogen (secondary N) is 2. The van der Waals surface area contributed by atoms with E-state index in [4.69, 9.17) is 5.73 Å². The first-order chi connectivity index (χ1) is 19.0. The van der Waals surface area contributed by atoms with Crippen LogP contribution in [0.3, 0.4) is 0 Å². The zero-order valence-corrected chi connectivity index (χ0v) is 22.2. The number of aromatic nitrogens is 4. The summed E-state index contributed by atoms with van der Waals surface area (Å²) in [6, 6.07) is 9.56. The van der Waals surface area contributed by atoms with E-state index in [9.17, 15) is 36.2 Å². The summed E-state index contributed by atoms with van der Waals surface area (Å²) in [5, 5.41) is 9.28. The van der Waals surface area contributed by atoms with Crippen LogP contribution in [-0.4, -0.2) is 41.6 Å². The van der Waals surface area contributed by atoms with Crippen molar-refractivity contribution in [3.8, 4) is 22.5 Å². The van der Waals surface area contributed by atoms with Crippen LogP contribution in [0.4, 0.5) is 31.1 Å². The van der Waals surface area contributed by atoms with Gasteiger partial charge < -0.3 is 20.8 Å². The summed E-state index contributed by atoms with van der Waals surface area (Å²) in [5.74, 6) is 1.02. The third-order valence-electron chi connectivity index (χ3n) is 5.85. The van der Waals surface area contributed by atoms with Gasteiger partial charge in [-0.05, 0) is 56.2 Å². The van der Waals surface area contributed by atoms with Crippen LogP contribution in [0, 0.1) is 0 Å². The van der Waals surface area contributed by atoms with Gasteiger partial charge in [-0.15, -0.1) is 0 Å². The maximum absolute atomic E-state index is 12.6. The summed E-state index contributed by atoms with van der Waals surface area (Å²) in [7, 11) is 0. The molecule has 0 atom stereocenters. The van der Waals surface area contributed by atoms with Gasteiger partial charge >= 0.3 is 18.4 Å². The van der Waals surface area contributed by atoms with Crippen LogP contribution >= 0.6 is 0 Å². The lowest BCUT2D eigenvalue weighted by Gasteiger charge is -2.32. The summed E-state index contributed by atoms with van der Waals surface area (Å²) in [4.78, 5) is 26.5. The standard InChI is InChI=1S/C16H18F3N3O2.C11H10F3N3/c1-15(2,3)22(14(23)24)9-13-20-8-12(21-13)10-4-6-11(7-5-10)16(17,18)19;12-11(13,14)8-3-1-7(2-4-8)9-6-16-10(5-15)17-9/h4-8H,9H2,1-3H3,(H,20,21)(H,23,24);1-4,6H,5,15H2,(H,16,17). The quantitative estimate of drug-likeness (QED) is 0.190. The molecule has 0 spiro atoms. The smallest absolute Gasteiger partial charge is 0.416 e. The number of halogens is 6. The summed E-state index contributed by atoms with van der Waals surface area (Å²) in [6.45, 7) is 5.61. The molecule has 0 fully saturated rings. The first kappa shape index (κ1) is 31.2. The van der Waals surface area contributed by atoms with Gasteiger partial charge in [-0.25, -0.2) is 14.8 Å². The monoisotopic (exact) mass is 582 g/mol. The van der Waals surface area contributed by atoms with E-state index in [1.807, 2.05) is 0 Å². The summed E-state index contributed by atoms with van der Waals surface area (Å²) < 4.78 is 74.8. The number of amides is 1. The number of benzene rings is 2. The molecule has 220 valence electrons. The molecular formula is C27H28F6N6O2. The molecule has 0 aliphatic carbocycles. The fraction of sp³-hybridized carbons (Fsp3) is 0.296. The van der Waals surface area contributed by atoms with Gasteiger partial charge in [-0.2, -0.15) is 26.3 Å². The number of alkyl halides is 6. The van der Waals surface area contributed by atoms with Gasteiger partial charge in [-0.3, -0.25) is 4.90 Å². The Labute approximate surface area is 231 Å². The average Bonchev–Trinajstić information content (AvgIpc) is 3.56. The first-order valence-electron chi connectivity index (χ1n) is 12.1. The van der Waals surface area contributed by atoms with Gasteiger partial charge in [0, 0.05) is 5.54 Å². The lowest BCUT2D eigenvalue weighted by molar-refractivity contribution is -0.138. The maximum atomic E-state index is 12.6. The van der Waals surface area contributed by atoms with E-state index in [1.165, 1.54) is 35.4 Å². The number of H-pyrrole nitrogens is 2. The topological polar surface area (TPSA) is 124 Å². The number of nitrogens with zero attached hydrogens (tertiary/aromatic N) is 3. The minimum atomic E-state index is -4.38. The molecule has 0 radical (unpaired) electrons. The molecule has 14 heteroatoms. The average molecular weight is 583 g/mol. The highest BCUT2D eigenvalue weighted by atomic mass is 19.4. The molecule has 0 bridgehead atoms. The number of hydrogen-bond donors (Lipinski definition) is 4. The second kappa shape index (κ2) is 12.0. The van der Waals surface area contributed by atoms with Crippen molar-refractivity contribution in [3.63, 3.8) is 0 Å². The third-order valence-corrected chi connectivity index (χ3v) is 5.85. The lowest BCUT2D eigenvalue weighted by atomic mass is 10.1. The normalized spacial score (nSPS) is 12.0. The van der Waals surface area contributed by atoms with Gasteiger partial charge in [0.25, 0.3) is 0 Å². The molecule has 2 heterocycles. The van der Waals surface area contributed by atoms with Crippen molar-refractivity contribution < 1.29 is 36.2 Å². The zero-order valence-electron chi connectivity index (χ0n) is 22.2.